The van der Waals surface area contributed by atoms with Gasteiger partial charge in [0.1, 0.15) is 5.15 Å². The molecular weight excluding hydrogens is 310 g/mol. The normalized spacial score (nSPS) is 17.1. The molecule has 1 aromatic carbocycles. The number of ether oxygens (including phenoxy) is 1. The van der Waals surface area contributed by atoms with E-state index in [1.165, 1.54) is 5.56 Å². The van der Waals surface area contributed by atoms with Crippen LogP contribution in [0.1, 0.15) is 11.6 Å². The van der Waals surface area contributed by atoms with Gasteiger partial charge in [-0.25, -0.2) is 4.98 Å². The Labute approximate surface area is 142 Å². The van der Waals surface area contributed by atoms with E-state index in [1.54, 1.807) is 6.20 Å². The predicted octanol–water partition coefficient (Wildman–Crippen LogP) is 2.99. The van der Waals surface area contributed by atoms with Crippen LogP contribution in [0.25, 0.3) is 11.1 Å². The molecule has 1 aromatic heterocycles. The first-order valence-electron chi connectivity index (χ1n) is 7.96. The lowest BCUT2D eigenvalue weighted by Gasteiger charge is -2.30. The molecule has 0 saturated carbocycles. The van der Waals surface area contributed by atoms with Gasteiger partial charge in [0.05, 0.1) is 13.2 Å². The molecule has 1 aliphatic heterocycles. The summed E-state index contributed by atoms with van der Waals surface area (Å²) < 4.78 is 5.42. The summed E-state index contributed by atoms with van der Waals surface area (Å²) in [5.41, 5.74) is 3.34. The lowest BCUT2D eigenvalue weighted by molar-refractivity contribution is 0.0338. The Morgan fingerprint density at radius 2 is 1.96 bits per heavy atom. The van der Waals surface area contributed by atoms with Gasteiger partial charge >= 0.3 is 0 Å². The second-order valence-electron chi connectivity index (χ2n) is 5.72. The summed E-state index contributed by atoms with van der Waals surface area (Å²) in [6.07, 6.45) is 1.71. The smallest absolute Gasteiger partial charge is 0.136 e. The van der Waals surface area contributed by atoms with Gasteiger partial charge in [0, 0.05) is 37.4 Å². The van der Waals surface area contributed by atoms with E-state index in [0.29, 0.717) is 11.2 Å². The number of hydrogen-bond donors (Lipinski definition) is 1. The average molecular weight is 332 g/mol. The predicted molar refractivity (Wildman–Crippen MR) is 93.7 cm³/mol. The van der Waals surface area contributed by atoms with Gasteiger partial charge in [-0.15, -0.1) is 0 Å². The van der Waals surface area contributed by atoms with Crippen molar-refractivity contribution in [2.75, 3.05) is 39.9 Å². The molecule has 122 valence electrons. The Kier molecular flexibility index (Phi) is 5.62. The van der Waals surface area contributed by atoms with E-state index in [9.17, 15) is 0 Å². The van der Waals surface area contributed by atoms with Crippen molar-refractivity contribution in [1.82, 2.24) is 15.2 Å². The van der Waals surface area contributed by atoms with Crippen LogP contribution in [0.5, 0.6) is 0 Å². The van der Waals surface area contributed by atoms with Crippen LogP contribution in [0.2, 0.25) is 5.15 Å². The Morgan fingerprint density at radius 1 is 1.22 bits per heavy atom. The van der Waals surface area contributed by atoms with Gasteiger partial charge in [-0.05, 0) is 30.3 Å². The molecule has 1 saturated heterocycles. The van der Waals surface area contributed by atoms with Gasteiger partial charge in [-0.3, -0.25) is 4.90 Å². The Balaban J connectivity index is 1.73. The van der Waals surface area contributed by atoms with Gasteiger partial charge in [-0.1, -0.05) is 35.9 Å². The maximum Gasteiger partial charge on any atom is 0.136 e. The number of rotatable bonds is 5. The summed E-state index contributed by atoms with van der Waals surface area (Å²) in [4.78, 5) is 6.58. The molecule has 5 heteroatoms. The maximum atomic E-state index is 6.18. The van der Waals surface area contributed by atoms with Crippen molar-refractivity contribution in [3.05, 3.63) is 53.3 Å². The fourth-order valence-corrected chi connectivity index (χ4v) is 3.13. The Morgan fingerprint density at radius 3 is 2.61 bits per heavy atom. The zero-order valence-corrected chi connectivity index (χ0v) is 14.1. The third-order valence-electron chi connectivity index (χ3n) is 4.28. The molecule has 1 N–H and O–H groups in total. The largest absolute Gasteiger partial charge is 0.379 e. The van der Waals surface area contributed by atoms with Crippen LogP contribution in [0, 0.1) is 0 Å². The van der Waals surface area contributed by atoms with Crippen LogP contribution < -0.4 is 5.32 Å². The van der Waals surface area contributed by atoms with Crippen molar-refractivity contribution in [2.24, 2.45) is 0 Å². The highest BCUT2D eigenvalue weighted by Crippen LogP contribution is 2.27. The van der Waals surface area contributed by atoms with Crippen molar-refractivity contribution in [3.63, 3.8) is 0 Å². The third-order valence-corrected chi connectivity index (χ3v) is 4.58. The van der Waals surface area contributed by atoms with Crippen LogP contribution in [-0.4, -0.2) is 49.8 Å². The van der Waals surface area contributed by atoms with E-state index < -0.39 is 0 Å². The number of hydrogen-bond acceptors (Lipinski definition) is 4. The van der Waals surface area contributed by atoms with Crippen molar-refractivity contribution < 1.29 is 4.74 Å². The first-order valence-corrected chi connectivity index (χ1v) is 8.34. The Bertz CT molecular complexity index is 626. The van der Waals surface area contributed by atoms with Crippen LogP contribution in [-0.2, 0) is 4.74 Å². The molecule has 2 aromatic rings. The number of nitrogens with one attached hydrogen (secondary N) is 1. The van der Waals surface area contributed by atoms with Crippen LogP contribution in [0.3, 0.4) is 0 Å². The lowest BCUT2D eigenvalue weighted by atomic mass is 10.0. The maximum absolute atomic E-state index is 6.18. The zero-order valence-electron chi connectivity index (χ0n) is 13.3. The fraction of sp³-hybridized carbons (Fsp3) is 0.389. The van der Waals surface area contributed by atoms with Crippen molar-refractivity contribution in [3.8, 4) is 11.1 Å². The highest BCUT2D eigenvalue weighted by molar-refractivity contribution is 6.32. The molecule has 1 aliphatic rings. The first kappa shape index (κ1) is 16.4. The van der Waals surface area contributed by atoms with Crippen LogP contribution in [0.15, 0.2) is 42.6 Å². The van der Waals surface area contributed by atoms with Crippen LogP contribution >= 0.6 is 11.6 Å². The molecule has 3 rings (SSSR count). The van der Waals surface area contributed by atoms with E-state index in [0.717, 1.165) is 44.0 Å². The molecule has 0 radical (unpaired) electrons. The topological polar surface area (TPSA) is 37.4 Å². The third kappa shape index (κ3) is 4.09. The summed E-state index contributed by atoms with van der Waals surface area (Å²) in [5, 5.41) is 3.96. The molecule has 1 atom stereocenters. The number of likely N-dealkylation sites (N-methyl/N-ethyl adjacent to an activating group) is 1. The highest BCUT2D eigenvalue weighted by Gasteiger charge is 2.17. The Hall–Kier alpha value is -1.46. The lowest BCUT2D eigenvalue weighted by Crippen LogP contribution is -2.41. The van der Waals surface area contributed by atoms with Gasteiger partial charge in [0.15, 0.2) is 0 Å². The summed E-state index contributed by atoms with van der Waals surface area (Å²) in [5.74, 6) is 0. The van der Waals surface area contributed by atoms with E-state index in [2.05, 4.69) is 39.5 Å². The molecular formula is C18H22ClN3O. The minimum Gasteiger partial charge on any atom is -0.379 e. The number of aromatic nitrogens is 1. The van der Waals surface area contributed by atoms with Crippen molar-refractivity contribution >= 4 is 11.6 Å². The molecule has 1 unspecified atom stereocenters. The van der Waals surface area contributed by atoms with Crippen molar-refractivity contribution in [2.45, 2.75) is 6.04 Å². The summed E-state index contributed by atoms with van der Waals surface area (Å²) >= 11 is 6.18. The number of halogens is 1. The van der Waals surface area contributed by atoms with E-state index >= 15 is 0 Å². The number of benzene rings is 1. The monoisotopic (exact) mass is 331 g/mol. The average Bonchev–Trinajstić information content (AvgIpc) is 2.61. The highest BCUT2D eigenvalue weighted by atomic mass is 35.5. The zero-order chi connectivity index (χ0) is 16.1. The minimum atomic E-state index is 0.312. The van der Waals surface area contributed by atoms with E-state index in [4.69, 9.17) is 16.3 Å². The molecule has 0 spiro atoms. The van der Waals surface area contributed by atoms with Crippen LogP contribution in [0.4, 0.5) is 0 Å². The molecule has 23 heavy (non-hydrogen) atoms. The standard InChI is InChI=1S/C18H22ClN3O/c1-20-17(13-22-9-11-23-12-10-22)15-6-4-14(5-7-15)16-3-2-8-21-18(16)19/h2-8,17,20H,9-13H2,1H3. The molecule has 0 amide bonds. The summed E-state index contributed by atoms with van der Waals surface area (Å²) in [6, 6.07) is 12.8. The molecule has 0 aliphatic carbocycles. The molecule has 0 bridgehead atoms. The quantitative estimate of drug-likeness (QED) is 0.855. The molecule has 1 fully saturated rings. The second-order valence-corrected chi connectivity index (χ2v) is 6.08. The van der Waals surface area contributed by atoms with Gasteiger partial charge < -0.3 is 10.1 Å². The minimum absolute atomic E-state index is 0.312. The number of nitrogens with zero attached hydrogens (tertiary/aromatic N) is 2. The van der Waals surface area contributed by atoms with E-state index in [-0.39, 0.29) is 0 Å². The van der Waals surface area contributed by atoms with Gasteiger partial charge in [-0.2, -0.15) is 0 Å². The summed E-state index contributed by atoms with van der Waals surface area (Å²) in [6.45, 7) is 4.65. The first-order chi connectivity index (χ1) is 11.3. The van der Waals surface area contributed by atoms with Gasteiger partial charge in [0.25, 0.3) is 0 Å². The van der Waals surface area contributed by atoms with Gasteiger partial charge in [0.2, 0.25) is 0 Å². The SMILES string of the molecule is CNC(CN1CCOCC1)c1ccc(-c2cccnc2Cl)cc1. The fourth-order valence-electron chi connectivity index (χ4n) is 2.90. The second kappa shape index (κ2) is 7.88. The van der Waals surface area contributed by atoms with E-state index in [1.807, 2.05) is 19.2 Å². The van der Waals surface area contributed by atoms with Crippen molar-refractivity contribution in [1.29, 1.82) is 0 Å². The number of pyridine rings is 1. The molecule has 4 nitrogen and oxygen atoms in total. The number of morpholine rings is 1. The summed E-state index contributed by atoms with van der Waals surface area (Å²) in [7, 11) is 2.01. The molecule has 2 heterocycles.